The Morgan fingerprint density at radius 2 is 1.87 bits per heavy atom. The van der Waals surface area contributed by atoms with Crippen LogP contribution in [-0.4, -0.2) is 5.88 Å². The van der Waals surface area contributed by atoms with Crippen LogP contribution >= 0.6 is 27.5 Å². The van der Waals surface area contributed by atoms with Crippen LogP contribution in [0.2, 0.25) is 0 Å². The van der Waals surface area contributed by atoms with Crippen LogP contribution in [0.25, 0.3) is 0 Å². The van der Waals surface area contributed by atoms with E-state index in [-0.39, 0.29) is 0 Å². The Balaban J connectivity index is 2.53. The van der Waals surface area contributed by atoms with Crippen molar-refractivity contribution in [2.75, 3.05) is 5.88 Å². The number of halogens is 2. The van der Waals surface area contributed by atoms with E-state index in [1.54, 1.807) is 0 Å². The van der Waals surface area contributed by atoms with Crippen LogP contribution in [0.1, 0.15) is 44.1 Å². The fourth-order valence-corrected chi connectivity index (χ4v) is 2.31. The van der Waals surface area contributed by atoms with Crippen LogP contribution in [0.4, 0.5) is 0 Å². The molecule has 0 aromatic heterocycles. The van der Waals surface area contributed by atoms with Gasteiger partial charge in [0.05, 0.1) is 0 Å². The molecule has 0 fully saturated rings. The van der Waals surface area contributed by atoms with Gasteiger partial charge in [-0.05, 0) is 30.0 Å². The molecule has 15 heavy (non-hydrogen) atoms. The summed E-state index contributed by atoms with van der Waals surface area (Å²) in [5.74, 6) is 1.25. The van der Waals surface area contributed by atoms with Crippen LogP contribution in [0.3, 0.4) is 0 Å². The second kappa shape index (κ2) is 7.29. The van der Waals surface area contributed by atoms with E-state index in [4.69, 9.17) is 11.6 Å². The lowest BCUT2D eigenvalue weighted by atomic mass is 9.95. The van der Waals surface area contributed by atoms with Crippen molar-refractivity contribution in [2.45, 2.75) is 38.5 Å². The SMILES string of the molecule is CCCCCC(CCl)c1ccc(Br)cc1. The molecule has 1 atom stereocenters. The fourth-order valence-electron chi connectivity index (χ4n) is 1.71. The van der Waals surface area contributed by atoms with Gasteiger partial charge in [0.25, 0.3) is 0 Å². The summed E-state index contributed by atoms with van der Waals surface area (Å²) in [4.78, 5) is 0. The third kappa shape index (κ3) is 4.56. The minimum absolute atomic E-state index is 0.520. The number of hydrogen-bond donors (Lipinski definition) is 0. The molecule has 0 amide bonds. The summed E-state index contributed by atoms with van der Waals surface area (Å²) in [5.41, 5.74) is 1.37. The van der Waals surface area contributed by atoms with Gasteiger partial charge < -0.3 is 0 Å². The molecule has 1 aromatic rings. The van der Waals surface area contributed by atoms with Crippen molar-refractivity contribution in [3.05, 3.63) is 34.3 Å². The Bertz CT molecular complexity index is 268. The smallest absolute Gasteiger partial charge is 0.0292 e. The largest absolute Gasteiger partial charge is 0.126 e. The van der Waals surface area contributed by atoms with Gasteiger partial charge in [0, 0.05) is 10.4 Å². The molecule has 1 rings (SSSR count). The maximum atomic E-state index is 6.01. The van der Waals surface area contributed by atoms with E-state index in [0.29, 0.717) is 5.92 Å². The van der Waals surface area contributed by atoms with Gasteiger partial charge in [0.2, 0.25) is 0 Å². The predicted molar refractivity (Wildman–Crippen MR) is 71.7 cm³/mol. The summed E-state index contributed by atoms with van der Waals surface area (Å²) in [7, 11) is 0. The maximum absolute atomic E-state index is 6.01. The zero-order valence-corrected chi connectivity index (χ0v) is 11.5. The molecule has 0 N–H and O–H groups in total. The minimum atomic E-state index is 0.520. The topological polar surface area (TPSA) is 0 Å². The Kier molecular flexibility index (Phi) is 6.35. The van der Waals surface area contributed by atoms with Crippen LogP contribution in [0.15, 0.2) is 28.7 Å². The van der Waals surface area contributed by atoms with Crippen LogP contribution < -0.4 is 0 Å². The Morgan fingerprint density at radius 3 is 2.40 bits per heavy atom. The second-order valence-corrected chi connectivity index (χ2v) is 5.12. The zero-order chi connectivity index (χ0) is 11.1. The van der Waals surface area contributed by atoms with Gasteiger partial charge in [0.1, 0.15) is 0 Å². The molecule has 0 bridgehead atoms. The highest BCUT2D eigenvalue weighted by Crippen LogP contribution is 2.25. The molecule has 0 saturated heterocycles. The Hall–Kier alpha value is -0.0100. The fraction of sp³-hybridized carbons (Fsp3) is 0.538. The maximum Gasteiger partial charge on any atom is 0.0292 e. The summed E-state index contributed by atoms with van der Waals surface area (Å²) >= 11 is 9.46. The molecule has 1 aromatic carbocycles. The molecular weight excluding hydrogens is 272 g/mol. The third-order valence-corrected chi connectivity index (χ3v) is 3.58. The lowest BCUT2D eigenvalue weighted by molar-refractivity contribution is 0.601. The van der Waals surface area contributed by atoms with Gasteiger partial charge in [-0.1, -0.05) is 54.2 Å². The molecule has 0 saturated carbocycles. The lowest BCUT2D eigenvalue weighted by Gasteiger charge is -2.14. The summed E-state index contributed by atoms with van der Waals surface area (Å²) < 4.78 is 1.13. The molecule has 1 unspecified atom stereocenters. The first kappa shape index (κ1) is 13.1. The minimum Gasteiger partial charge on any atom is -0.126 e. The molecular formula is C13H18BrCl. The first-order valence-corrected chi connectivity index (χ1v) is 6.92. The molecule has 0 aliphatic carbocycles. The van der Waals surface area contributed by atoms with Gasteiger partial charge >= 0.3 is 0 Å². The van der Waals surface area contributed by atoms with E-state index in [9.17, 15) is 0 Å². The van der Waals surface area contributed by atoms with Gasteiger partial charge in [-0.25, -0.2) is 0 Å². The molecule has 2 heteroatoms. The summed E-state index contributed by atoms with van der Waals surface area (Å²) in [6.07, 6.45) is 5.07. The van der Waals surface area contributed by atoms with Crippen LogP contribution in [-0.2, 0) is 0 Å². The van der Waals surface area contributed by atoms with Gasteiger partial charge in [0.15, 0.2) is 0 Å². The molecule has 0 heterocycles. The standard InChI is InChI=1S/C13H18BrCl/c1-2-3-4-5-12(10-15)11-6-8-13(14)9-7-11/h6-9,12H,2-5,10H2,1H3. The van der Waals surface area contributed by atoms with Gasteiger partial charge in [-0.3, -0.25) is 0 Å². The van der Waals surface area contributed by atoms with E-state index in [1.165, 1.54) is 31.2 Å². The zero-order valence-electron chi connectivity index (χ0n) is 9.18. The van der Waals surface area contributed by atoms with Crippen molar-refractivity contribution < 1.29 is 0 Å². The molecule has 0 spiro atoms. The predicted octanol–water partition coefficient (Wildman–Crippen LogP) is 5.35. The Morgan fingerprint density at radius 1 is 1.20 bits per heavy atom. The van der Waals surface area contributed by atoms with E-state index in [2.05, 4.69) is 47.1 Å². The highest BCUT2D eigenvalue weighted by molar-refractivity contribution is 9.10. The van der Waals surface area contributed by atoms with E-state index < -0.39 is 0 Å². The average Bonchev–Trinajstić information content (AvgIpc) is 2.26. The third-order valence-electron chi connectivity index (χ3n) is 2.68. The van der Waals surface area contributed by atoms with Crippen molar-refractivity contribution in [1.29, 1.82) is 0 Å². The number of unbranched alkanes of at least 4 members (excludes halogenated alkanes) is 2. The highest BCUT2D eigenvalue weighted by atomic mass is 79.9. The number of alkyl halides is 1. The van der Waals surface area contributed by atoms with E-state index in [1.807, 2.05) is 0 Å². The van der Waals surface area contributed by atoms with Crippen LogP contribution in [0.5, 0.6) is 0 Å². The molecule has 0 radical (unpaired) electrons. The van der Waals surface area contributed by atoms with Crippen molar-refractivity contribution in [3.8, 4) is 0 Å². The summed E-state index contributed by atoms with van der Waals surface area (Å²) in [6.45, 7) is 2.23. The molecule has 0 aliphatic heterocycles. The molecule has 0 aliphatic rings. The van der Waals surface area contributed by atoms with E-state index in [0.717, 1.165) is 10.4 Å². The van der Waals surface area contributed by atoms with Crippen molar-refractivity contribution in [2.24, 2.45) is 0 Å². The Labute approximate surface area is 106 Å². The van der Waals surface area contributed by atoms with Gasteiger partial charge in [-0.15, -0.1) is 11.6 Å². The van der Waals surface area contributed by atoms with Crippen molar-refractivity contribution in [3.63, 3.8) is 0 Å². The molecule has 0 nitrogen and oxygen atoms in total. The first-order chi connectivity index (χ1) is 7.27. The summed E-state index contributed by atoms with van der Waals surface area (Å²) in [6, 6.07) is 8.52. The average molecular weight is 290 g/mol. The number of rotatable bonds is 6. The quantitative estimate of drug-likeness (QED) is 0.489. The molecule has 84 valence electrons. The monoisotopic (exact) mass is 288 g/mol. The van der Waals surface area contributed by atoms with Crippen LogP contribution in [0, 0.1) is 0 Å². The van der Waals surface area contributed by atoms with Gasteiger partial charge in [-0.2, -0.15) is 0 Å². The van der Waals surface area contributed by atoms with Crippen molar-refractivity contribution >= 4 is 27.5 Å². The van der Waals surface area contributed by atoms with E-state index >= 15 is 0 Å². The van der Waals surface area contributed by atoms with Crippen molar-refractivity contribution in [1.82, 2.24) is 0 Å². The second-order valence-electron chi connectivity index (χ2n) is 3.90. The normalized spacial score (nSPS) is 12.7. The lowest BCUT2D eigenvalue weighted by Crippen LogP contribution is -2.00. The number of hydrogen-bond acceptors (Lipinski definition) is 0. The summed E-state index contributed by atoms with van der Waals surface area (Å²) in [5, 5.41) is 0. The highest BCUT2D eigenvalue weighted by Gasteiger charge is 2.09. The first-order valence-electron chi connectivity index (χ1n) is 5.59. The number of benzene rings is 1.